The maximum absolute atomic E-state index is 12.9. The van der Waals surface area contributed by atoms with Crippen LogP contribution in [0.25, 0.3) is 0 Å². The maximum Gasteiger partial charge on any atom is 0.306 e. The van der Waals surface area contributed by atoms with Gasteiger partial charge in [-0.2, -0.15) is 0 Å². The fourth-order valence-electron chi connectivity index (χ4n) is 10.9. The lowest BCUT2D eigenvalue weighted by Crippen LogP contribution is -2.30. The highest BCUT2D eigenvalue weighted by molar-refractivity contribution is 5.71. The van der Waals surface area contributed by atoms with Crippen LogP contribution in [0.5, 0.6) is 0 Å². The van der Waals surface area contributed by atoms with Gasteiger partial charge in [-0.15, -0.1) is 0 Å². The molecule has 0 aliphatic rings. The molecule has 1 atom stereocenters. The molecule has 0 amide bonds. The summed E-state index contributed by atoms with van der Waals surface area (Å²) in [5.74, 6) is -0.862. The molecule has 0 saturated carbocycles. The van der Waals surface area contributed by atoms with Crippen LogP contribution in [0.1, 0.15) is 393 Å². The summed E-state index contributed by atoms with van der Waals surface area (Å²) in [6.45, 7) is 6.65. The molecule has 0 bridgehead atoms. The molecule has 0 aliphatic heterocycles. The largest absolute Gasteiger partial charge is 0.462 e. The number of esters is 3. The van der Waals surface area contributed by atoms with E-state index in [1.807, 2.05) is 0 Å². The number of rotatable bonds is 68. The SMILES string of the molecule is CCCCC/C=C\C/C=C\CCCCCCCCCC(=O)OC(COC(=O)CCCCCCCCC/C=C\CCCCCCCC)COC(=O)CCCCCCCCCCCCCCCCCCCCC/C=C\C/C=C\CCCCCCC. The van der Waals surface area contributed by atoms with Crippen LogP contribution < -0.4 is 0 Å². The van der Waals surface area contributed by atoms with Gasteiger partial charge in [0.25, 0.3) is 0 Å². The van der Waals surface area contributed by atoms with Crippen molar-refractivity contribution < 1.29 is 28.6 Å². The van der Waals surface area contributed by atoms with Crippen molar-refractivity contribution in [1.82, 2.24) is 0 Å². The van der Waals surface area contributed by atoms with Crippen LogP contribution in [0.2, 0.25) is 0 Å². The fourth-order valence-corrected chi connectivity index (χ4v) is 10.9. The van der Waals surface area contributed by atoms with Crippen molar-refractivity contribution in [1.29, 1.82) is 0 Å². The summed E-state index contributed by atoms with van der Waals surface area (Å²) in [5, 5.41) is 0. The molecule has 0 fully saturated rings. The molecule has 6 heteroatoms. The summed E-state index contributed by atoms with van der Waals surface area (Å²) in [4.78, 5) is 38.5. The van der Waals surface area contributed by atoms with Crippen molar-refractivity contribution in [3.63, 3.8) is 0 Å². The van der Waals surface area contributed by atoms with Gasteiger partial charge in [0, 0.05) is 19.3 Å². The average molecular weight is 1160 g/mol. The molecular weight excluding hydrogens is 1020 g/mol. The third-order valence-electron chi connectivity index (χ3n) is 16.5. The minimum atomic E-state index is -0.780. The third-order valence-corrected chi connectivity index (χ3v) is 16.5. The predicted molar refractivity (Wildman–Crippen MR) is 362 cm³/mol. The van der Waals surface area contributed by atoms with Crippen molar-refractivity contribution in [2.75, 3.05) is 13.2 Å². The Balaban J connectivity index is 4.21. The molecule has 6 nitrogen and oxygen atoms in total. The van der Waals surface area contributed by atoms with E-state index in [-0.39, 0.29) is 31.1 Å². The van der Waals surface area contributed by atoms with Gasteiger partial charge < -0.3 is 14.2 Å². The van der Waals surface area contributed by atoms with Crippen LogP contribution in [0, 0.1) is 0 Å². The molecule has 0 saturated heterocycles. The summed E-state index contributed by atoms with van der Waals surface area (Å²) in [5.41, 5.74) is 0. The second-order valence-electron chi connectivity index (χ2n) is 24.8. The molecular formula is C77H140O6. The molecule has 0 N–H and O–H groups in total. The standard InChI is InChI=1S/C77H140O6/c1-4-7-10-13-16-19-22-25-28-31-32-33-34-35-36-37-38-39-40-41-42-43-44-47-49-52-55-58-61-64-67-70-76(79)82-73-74(83-77(80)71-68-65-62-59-56-53-50-46-30-27-24-21-18-15-12-9-6-3)72-81-75(78)69-66-63-60-57-54-51-48-45-29-26-23-20-17-14-11-8-5-2/h18,21-22,25-27,29-32,74H,4-17,19-20,23-24,28,33-73H2,1-3H3/b21-18-,25-22-,29-26-,30-27-,32-31-. The third kappa shape index (κ3) is 69.8. The summed E-state index contributed by atoms with van der Waals surface area (Å²) in [6, 6.07) is 0. The molecule has 83 heavy (non-hydrogen) atoms. The van der Waals surface area contributed by atoms with Crippen molar-refractivity contribution >= 4 is 17.9 Å². The zero-order valence-corrected chi connectivity index (χ0v) is 55.7. The molecule has 0 aromatic rings. The number of carbonyl (C=O) groups excluding carboxylic acids is 3. The quantitative estimate of drug-likeness (QED) is 0.0261. The van der Waals surface area contributed by atoms with Gasteiger partial charge in [0.1, 0.15) is 13.2 Å². The van der Waals surface area contributed by atoms with Gasteiger partial charge >= 0.3 is 17.9 Å². The minimum absolute atomic E-state index is 0.0749. The van der Waals surface area contributed by atoms with Crippen molar-refractivity contribution in [3.8, 4) is 0 Å². The topological polar surface area (TPSA) is 78.9 Å². The Bertz CT molecular complexity index is 1470. The van der Waals surface area contributed by atoms with E-state index < -0.39 is 6.10 Å². The van der Waals surface area contributed by atoms with Crippen LogP contribution >= 0.6 is 0 Å². The highest BCUT2D eigenvalue weighted by Gasteiger charge is 2.19. The summed E-state index contributed by atoms with van der Waals surface area (Å²) in [7, 11) is 0. The molecule has 484 valence electrons. The van der Waals surface area contributed by atoms with Gasteiger partial charge in [-0.3, -0.25) is 14.4 Å². The van der Waals surface area contributed by atoms with E-state index in [4.69, 9.17) is 14.2 Å². The Hall–Kier alpha value is -2.89. The first-order valence-electron chi connectivity index (χ1n) is 36.8. The average Bonchev–Trinajstić information content (AvgIpc) is 3.50. The van der Waals surface area contributed by atoms with E-state index in [2.05, 4.69) is 81.5 Å². The molecule has 0 aromatic carbocycles. The highest BCUT2D eigenvalue weighted by atomic mass is 16.6. The first-order valence-corrected chi connectivity index (χ1v) is 36.8. The lowest BCUT2D eigenvalue weighted by molar-refractivity contribution is -0.167. The number of unbranched alkanes of at least 4 members (excludes halogenated alkanes) is 47. The Labute approximate surface area is 517 Å². The molecule has 0 heterocycles. The van der Waals surface area contributed by atoms with Crippen LogP contribution in [-0.2, 0) is 28.6 Å². The Morgan fingerprint density at radius 2 is 0.434 bits per heavy atom. The number of hydrogen-bond acceptors (Lipinski definition) is 6. The summed E-state index contributed by atoms with van der Waals surface area (Å²) >= 11 is 0. The molecule has 0 rings (SSSR count). The van der Waals surface area contributed by atoms with E-state index in [0.29, 0.717) is 19.3 Å². The van der Waals surface area contributed by atoms with E-state index in [1.165, 1.54) is 276 Å². The van der Waals surface area contributed by atoms with Crippen LogP contribution in [-0.4, -0.2) is 37.2 Å². The normalized spacial score (nSPS) is 12.4. The zero-order valence-electron chi connectivity index (χ0n) is 55.7. The zero-order chi connectivity index (χ0) is 59.9. The predicted octanol–water partition coefficient (Wildman–Crippen LogP) is 25.5. The lowest BCUT2D eigenvalue weighted by Gasteiger charge is -2.18. The van der Waals surface area contributed by atoms with Crippen LogP contribution in [0.3, 0.4) is 0 Å². The van der Waals surface area contributed by atoms with Crippen molar-refractivity contribution in [2.24, 2.45) is 0 Å². The van der Waals surface area contributed by atoms with Crippen LogP contribution in [0.15, 0.2) is 60.8 Å². The molecule has 0 aromatic heterocycles. The van der Waals surface area contributed by atoms with Gasteiger partial charge in [-0.05, 0) is 109 Å². The molecule has 0 radical (unpaired) electrons. The minimum Gasteiger partial charge on any atom is -0.462 e. The van der Waals surface area contributed by atoms with Gasteiger partial charge in [0.05, 0.1) is 0 Å². The van der Waals surface area contributed by atoms with Gasteiger partial charge in [0.2, 0.25) is 0 Å². The summed E-state index contributed by atoms with van der Waals surface area (Å²) in [6.07, 6.45) is 92.6. The molecule has 0 spiro atoms. The Morgan fingerprint density at radius 1 is 0.241 bits per heavy atom. The van der Waals surface area contributed by atoms with Crippen molar-refractivity contribution in [2.45, 2.75) is 399 Å². The highest BCUT2D eigenvalue weighted by Crippen LogP contribution is 2.18. The number of allylic oxidation sites excluding steroid dienone is 10. The van der Waals surface area contributed by atoms with E-state index in [9.17, 15) is 14.4 Å². The monoisotopic (exact) mass is 1160 g/mol. The lowest BCUT2D eigenvalue weighted by atomic mass is 10.0. The van der Waals surface area contributed by atoms with Gasteiger partial charge in [0.15, 0.2) is 6.10 Å². The van der Waals surface area contributed by atoms with E-state index in [0.717, 1.165) is 77.0 Å². The van der Waals surface area contributed by atoms with E-state index >= 15 is 0 Å². The van der Waals surface area contributed by atoms with Crippen LogP contribution in [0.4, 0.5) is 0 Å². The molecule has 1 unspecified atom stereocenters. The van der Waals surface area contributed by atoms with Gasteiger partial charge in [-0.25, -0.2) is 0 Å². The van der Waals surface area contributed by atoms with E-state index in [1.54, 1.807) is 0 Å². The second kappa shape index (κ2) is 71.6. The van der Waals surface area contributed by atoms with Gasteiger partial charge in [-0.1, -0.05) is 326 Å². The molecule has 0 aliphatic carbocycles. The Morgan fingerprint density at radius 3 is 0.699 bits per heavy atom. The first-order chi connectivity index (χ1) is 41.0. The number of ether oxygens (including phenoxy) is 3. The second-order valence-corrected chi connectivity index (χ2v) is 24.8. The Kier molecular flexibility index (Phi) is 69.1. The number of carbonyl (C=O) groups is 3. The maximum atomic E-state index is 12.9. The first kappa shape index (κ1) is 80.1. The summed E-state index contributed by atoms with van der Waals surface area (Å²) < 4.78 is 17.0. The fraction of sp³-hybridized carbons (Fsp3) is 0.831. The smallest absolute Gasteiger partial charge is 0.306 e. The van der Waals surface area contributed by atoms with Crippen molar-refractivity contribution in [3.05, 3.63) is 60.8 Å². The number of hydrogen-bond donors (Lipinski definition) is 0.